The van der Waals surface area contributed by atoms with E-state index in [1.54, 1.807) is 18.2 Å². The molecule has 38 heavy (non-hydrogen) atoms. The Labute approximate surface area is 259 Å². The Morgan fingerprint density at radius 2 is 1.63 bits per heavy atom. The number of aromatic nitrogens is 3. The third-order valence-electron chi connectivity index (χ3n) is 5.94. The second kappa shape index (κ2) is 11.2. The SMILES string of the molecule is [2H]c1c(C([2H])([2H])[2H])cnc(-c2[c-]ccc(C3CC3)c2)c1[2H].[2H]c1c(C([2H])([2H])[2H])cnc(-c2[c-]ccc3c2sc2nc(C([2H])([2H])[2H])ccc23)c1[2H].[Ir]. The summed E-state index contributed by atoms with van der Waals surface area (Å²) >= 11 is 1.25. The molecule has 0 bridgehead atoms. The number of hydrogen-bond acceptors (Lipinski definition) is 4. The normalized spacial score (nSPS) is 18.6. The minimum Gasteiger partial charge on any atom is -0.304 e. The van der Waals surface area contributed by atoms with E-state index >= 15 is 0 Å². The van der Waals surface area contributed by atoms with Crippen molar-refractivity contribution in [1.29, 1.82) is 0 Å². The molecule has 1 radical (unpaired) electrons. The molecule has 3 nitrogen and oxygen atoms in total. The molecule has 7 rings (SSSR count). The Balaban J connectivity index is 0.000000204. The van der Waals surface area contributed by atoms with Gasteiger partial charge in [0, 0.05) is 50.5 Å². The maximum atomic E-state index is 8.27. The Morgan fingerprint density at radius 1 is 0.868 bits per heavy atom. The van der Waals surface area contributed by atoms with Crippen LogP contribution in [0.2, 0.25) is 0 Å². The van der Waals surface area contributed by atoms with E-state index in [2.05, 4.69) is 27.1 Å². The predicted octanol–water partition coefficient (Wildman–Crippen LogP) is 8.66. The molecular formula is C33H27IrN3S-2. The second-order valence-electron chi connectivity index (χ2n) is 8.60. The number of pyridine rings is 3. The zero-order valence-corrected chi connectivity index (χ0v) is 23.0. The molecule has 5 heteroatoms. The van der Waals surface area contributed by atoms with E-state index in [4.69, 9.17) is 17.8 Å². The quantitative estimate of drug-likeness (QED) is 0.173. The van der Waals surface area contributed by atoms with Crippen molar-refractivity contribution < 1.29 is 37.9 Å². The summed E-state index contributed by atoms with van der Waals surface area (Å²) in [6, 6.07) is 17.3. The molecule has 0 saturated heterocycles. The van der Waals surface area contributed by atoms with Crippen molar-refractivity contribution in [2.45, 2.75) is 39.3 Å². The Morgan fingerprint density at radius 3 is 2.39 bits per heavy atom. The molecule has 0 spiro atoms. The molecule has 0 amide bonds. The van der Waals surface area contributed by atoms with Gasteiger partial charge in [-0.05, 0) is 78.0 Å². The minimum atomic E-state index is -2.53. The van der Waals surface area contributed by atoms with Gasteiger partial charge >= 0.3 is 0 Å². The van der Waals surface area contributed by atoms with Crippen LogP contribution in [0.4, 0.5) is 0 Å². The second-order valence-corrected chi connectivity index (χ2v) is 9.60. The summed E-state index contributed by atoms with van der Waals surface area (Å²) in [5, 5.41) is 1.57. The van der Waals surface area contributed by atoms with Crippen molar-refractivity contribution in [3.63, 3.8) is 0 Å². The molecule has 6 aromatic rings. The summed E-state index contributed by atoms with van der Waals surface area (Å²) in [4.78, 5) is 13.1. The van der Waals surface area contributed by atoms with E-state index < -0.39 is 26.6 Å². The van der Waals surface area contributed by atoms with Gasteiger partial charge in [0.2, 0.25) is 0 Å². The number of nitrogens with zero attached hydrogens (tertiary/aromatic N) is 3. The third kappa shape index (κ3) is 5.61. The maximum Gasteiger partial charge on any atom is 0.113 e. The van der Waals surface area contributed by atoms with Gasteiger partial charge in [-0.2, -0.15) is 11.3 Å². The van der Waals surface area contributed by atoms with E-state index in [-0.39, 0.29) is 60.7 Å². The summed E-state index contributed by atoms with van der Waals surface area (Å²) in [6.07, 6.45) is 4.63. The number of aryl methyl sites for hydroxylation is 3. The van der Waals surface area contributed by atoms with Crippen molar-refractivity contribution >= 4 is 31.6 Å². The molecule has 4 aromatic heterocycles. The van der Waals surface area contributed by atoms with Gasteiger partial charge in [-0.1, -0.05) is 35.6 Å². The fourth-order valence-electron chi connectivity index (χ4n) is 3.99. The molecule has 0 N–H and O–H groups in total. The monoisotopic (exact) mass is 703 g/mol. The summed E-state index contributed by atoms with van der Waals surface area (Å²) in [7, 11) is 0. The van der Waals surface area contributed by atoms with Crippen molar-refractivity contribution in [2.24, 2.45) is 0 Å². The molecule has 4 heterocycles. The van der Waals surface area contributed by atoms with Crippen molar-refractivity contribution in [1.82, 2.24) is 15.0 Å². The third-order valence-corrected chi connectivity index (χ3v) is 7.07. The summed E-state index contributed by atoms with van der Waals surface area (Å²) < 4.78 is 100. The molecule has 0 aliphatic heterocycles. The van der Waals surface area contributed by atoms with Gasteiger partial charge in [-0.15, -0.1) is 59.2 Å². The first kappa shape index (κ1) is 14.8. The van der Waals surface area contributed by atoms with Crippen molar-refractivity contribution in [3.8, 4) is 22.5 Å². The van der Waals surface area contributed by atoms with Crippen LogP contribution in [0.1, 0.15) is 59.0 Å². The van der Waals surface area contributed by atoms with Crippen LogP contribution in [0, 0.1) is 32.7 Å². The van der Waals surface area contributed by atoms with Crippen LogP contribution in [-0.4, -0.2) is 15.0 Å². The molecule has 191 valence electrons. The number of thiophene rings is 1. The number of rotatable bonds is 3. The van der Waals surface area contributed by atoms with E-state index in [0.717, 1.165) is 17.0 Å². The molecular weight excluding hydrogens is 663 g/mol. The Kier molecular flexibility index (Phi) is 4.38. The summed E-state index contributed by atoms with van der Waals surface area (Å²) in [6.45, 7) is -7.26. The number of benzene rings is 2. The predicted molar refractivity (Wildman–Crippen MR) is 154 cm³/mol. The van der Waals surface area contributed by atoms with E-state index in [1.807, 2.05) is 18.2 Å². The Hall–Kier alpha value is -3.24. The van der Waals surface area contributed by atoms with Gasteiger partial charge in [0.25, 0.3) is 0 Å². The zero-order chi connectivity index (χ0) is 36.3. The van der Waals surface area contributed by atoms with Gasteiger partial charge in [0.15, 0.2) is 0 Å². The minimum absolute atomic E-state index is 0. The fraction of sp³-hybridized carbons (Fsp3) is 0.182. The summed E-state index contributed by atoms with van der Waals surface area (Å²) in [5.41, 5.74) is 2.29. The first-order valence-corrected chi connectivity index (χ1v) is 12.4. The van der Waals surface area contributed by atoms with Crippen molar-refractivity contribution in [2.75, 3.05) is 0 Å². The van der Waals surface area contributed by atoms with Crippen LogP contribution in [-0.2, 0) is 20.1 Å². The largest absolute Gasteiger partial charge is 0.304 e. The number of hydrogen-bond donors (Lipinski definition) is 0. The number of fused-ring (bicyclic) bond motifs is 3. The maximum absolute atomic E-state index is 8.27. The van der Waals surface area contributed by atoms with Gasteiger partial charge in [0.05, 0.1) is 5.48 Å². The van der Waals surface area contributed by atoms with Crippen LogP contribution < -0.4 is 0 Å². The fourth-order valence-corrected chi connectivity index (χ4v) is 5.16. The average Bonchev–Trinajstić information content (AvgIpc) is 3.82. The molecule has 1 aliphatic rings. The molecule has 0 unspecified atom stereocenters. The summed E-state index contributed by atoms with van der Waals surface area (Å²) in [5.74, 6) is 0.574. The van der Waals surface area contributed by atoms with Gasteiger partial charge in [0.1, 0.15) is 4.83 Å². The van der Waals surface area contributed by atoms with Crippen LogP contribution in [0.5, 0.6) is 0 Å². The van der Waals surface area contributed by atoms with Gasteiger partial charge in [-0.3, -0.25) is 0 Å². The molecule has 1 fully saturated rings. The van der Waals surface area contributed by atoms with Gasteiger partial charge in [-0.25, -0.2) is 4.98 Å². The van der Waals surface area contributed by atoms with Gasteiger partial charge < -0.3 is 9.97 Å². The first-order chi connectivity index (χ1) is 23.4. The smallest absolute Gasteiger partial charge is 0.113 e. The molecule has 2 aromatic carbocycles. The first-order valence-electron chi connectivity index (χ1n) is 18.1. The standard InChI is InChI=1S/C18H13N2S.C15H14N.Ir/c1-11-6-9-16(19-10-11)15-5-3-4-13-14-8-7-12(2)20-18(14)21-17(13)15;1-11-5-8-15(16-10-11)14-4-2-3-13(9-14)12-6-7-12;/h3-4,6-10H,1-2H3;2-3,5,8-10,12H,6-7H2,1H3;/q2*-1;/i1D3,2D3,6D,9D;1D3,5D,8D;. The van der Waals surface area contributed by atoms with E-state index in [0.29, 0.717) is 32.3 Å². The van der Waals surface area contributed by atoms with Crippen LogP contribution >= 0.6 is 11.3 Å². The van der Waals surface area contributed by atoms with E-state index in [1.165, 1.54) is 42.0 Å². The zero-order valence-electron chi connectivity index (χ0n) is 32.8. The van der Waals surface area contributed by atoms with Crippen LogP contribution in [0.15, 0.2) is 79.0 Å². The Bertz CT molecular complexity index is 2260. The molecule has 0 atom stereocenters. The topological polar surface area (TPSA) is 38.7 Å². The van der Waals surface area contributed by atoms with E-state index in [9.17, 15) is 0 Å². The van der Waals surface area contributed by atoms with Crippen LogP contribution in [0.3, 0.4) is 0 Å². The van der Waals surface area contributed by atoms with Crippen molar-refractivity contribution in [3.05, 3.63) is 114 Å². The van der Waals surface area contributed by atoms with Crippen LogP contribution in [0.25, 0.3) is 42.8 Å². The average molecular weight is 703 g/mol. The molecule has 1 aliphatic carbocycles. The molecule has 1 saturated carbocycles.